The Morgan fingerprint density at radius 3 is 2.25 bits per heavy atom. The molecule has 2 fully saturated rings. The molecular formula is C5H7O3. The van der Waals surface area contributed by atoms with Gasteiger partial charge in [-0.2, -0.15) is 0 Å². The summed E-state index contributed by atoms with van der Waals surface area (Å²) < 4.78 is 9.45. The molecule has 8 heavy (non-hydrogen) atoms. The molecule has 0 aromatic heterocycles. The smallest absolute Gasteiger partial charge is 0.339 e. The maximum atomic E-state index is 8.82. The molecule has 0 aliphatic carbocycles. The molecule has 2 saturated heterocycles. The third-order valence-corrected chi connectivity index (χ3v) is 1.48. The summed E-state index contributed by atoms with van der Waals surface area (Å²) in [5.74, 6) is -1.76. The van der Waals surface area contributed by atoms with Crippen molar-refractivity contribution in [3.8, 4) is 0 Å². The lowest BCUT2D eigenvalue weighted by Gasteiger charge is -1.92. The highest BCUT2D eigenvalue weighted by Gasteiger charge is 2.91. The molecule has 2 aliphatic rings. The summed E-state index contributed by atoms with van der Waals surface area (Å²) in [4.78, 5) is 0. The second-order valence-corrected chi connectivity index (χ2v) is 2.15. The predicted molar refractivity (Wildman–Crippen MR) is 24.4 cm³/mol. The Morgan fingerprint density at radius 2 is 2.12 bits per heavy atom. The van der Waals surface area contributed by atoms with Gasteiger partial charge in [0.05, 0.1) is 0 Å². The standard InChI is InChI=1S/C5H7O3/c1-2-3-4-5(6,7-4)8-4/h2,6H,3H2,1H3. The quantitative estimate of drug-likeness (QED) is 0.515. The third kappa shape index (κ3) is 0.321. The molecule has 0 amide bonds. The van der Waals surface area contributed by atoms with Crippen molar-refractivity contribution < 1.29 is 14.6 Å². The van der Waals surface area contributed by atoms with Gasteiger partial charge in [0, 0.05) is 6.42 Å². The number of rotatable bonds is 2. The minimum atomic E-state index is -1.17. The van der Waals surface area contributed by atoms with Crippen molar-refractivity contribution in [2.45, 2.75) is 25.1 Å². The molecule has 0 aromatic rings. The van der Waals surface area contributed by atoms with E-state index in [-0.39, 0.29) is 0 Å². The summed E-state index contributed by atoms with van der Waals surface area (Å²) in [6.07, 6.45) is 2.59. The molecule has 2 rings (SSSR count). The first-order valence-electron chi connectivity index (χ1n) is 2.63. The number of hydrogen-bond donors (Lipinski definition) is 1. The summed E-state index contributed by atoms with van der Waals surface area (Å²) in [5, 5.41) is 8.82. The maximum Gasteiger partial charge on any atom is 0.343 e. The van der Waals surface area contributed by atoms with Gasteiger partial charge >= 0.3 is 5.97 Å². The van der Waals surface area contributed by atoms with Crippen LogP contribution in [0.1, 0.15) is 13.3 Å². The first-order chi connectivity index (χ1) is 3.72. The number of aliphatic hydroxyl groups is 1. The van der Waals surface area contributed by atoms with E-state index in [2.05, 4.69) is 0 Å². The fraction of sp³-hybridized carbons (Fsp3) is 0.800. The van der Waals surface area contributed by atoms with Crippen LogP contribution in [0, 0.1) is 6.42 Å². The summed E-state index contributed by atoms with van der Waals surface area (Å²) in [7, 11) is 0. The summed E-state index contributed by atoms with van der Waals surface area (Å²) in [6, 6.07) is 0. The van der Waals surface area contributed by atoms with Gasteiger partial charge in [-0.05, 0) is 6.42 Å². The predicted octanol–water partition coefficient (Wildman–Crippen LogP) is 0.00349. The lowest BCUT2D eigenvalue weighted by molar-refractivity contribution is -0.185. The molecule has 3 heteroatoms. The Kier molecular flexibility index (Phi) is 0.558. The van der Waals surface area contributed by atoms with Crippen molar-refractivity contribution in [2.24, 2.45) is 0 Å². The Hall–Kier alpha value is -0.120. The Balaban J connectivity index is 1.94. The summed E-state index contributed by atoms with van der Waals surface area (Å²) in [6.45, 7) is 1.90. The van der Waals surface area contributed by atoms with Crippen molar-refractivity contribution in [3.63, 3.8) is 0 Å². The first-order valence-corrected chi connectivity index (χ1v) is 2.63. The summed E-state index contributed by atoms with van der Waals surface area (Å²) >= 11 is 0. The molecule has 0 spiro atoms. The Morgan fingerprint density at radius 1 is 1.62 bits per heavy atom. The van der Waals surface area contributed by atoms with Gasteiger partial charge < -0.3 is 5.11 Å². The van der Waals surface area contributed by atoms with Crippen molar-refractivity contribution in [2.75, 3.05) is 0 Å². The van der Waals surface area contributed by atoms with Crippen LogP contribution in [0.3, 0.4) is 0 Å². The molecule has 0 aromatic carbocycles. The van der Waals surface area contributed by atoms with Crippen molar-refractivity contribution in [1.29, 1.82) is 0 Å². The molecule has 1 radical (unpaired) electrons. The second kappa shape index (κ2) is 0.943. The molecule has 0 unspecified atom stereocenters. The second-order valence-electron chi connectivity index (χ2n) is 2.15. The monoisotopic (exact) mass is 115 g/mol. The molecule has 0 saturated carbocycles. The molecule has 2 heterocycles. The van der Waals surface area contributed by atoms with E-state index >= 15 is 0 Å². The van der Waals surface area contributed by atoms with Gasteiger partial charge in [0.25, 0.3) is 5.79 Å². The number of ether oxygens (including phenoxy) is 2. The maximum absolute atomic E-state index is 8.82. The highest BCUT2D eigenvalue weighted by atomic mass is 17.1. The molecule has 0 atom stereocenters. The van der Waals surface area contributed by atoms with Gasteiger partial charge in [0.1, 0.15) is 0 Å². The number of epoxide rings is 2. The average molecular weight is 115 g/mol. The normalized spacial score (nSPS) is 57.8. The van der Waals surface area contributed by atoms with Gasteiger partial charge in [-0.25, -0.2) is 0 Å². The minimum Gasteiger partial charge on any atom is -0.339 e. The molecule has 0 bridgehead atoms. The van der Waals surface area contributed by atoms with Crippen molar-refractivity contribution in [3.05, 3.63) is 6.42 Å². The fourth-order valence-corrected chi connectivity index (χ4v) is 0.885. The van der Waals surface area contributed by atoms with Gasteiger partial charge in [-0.3, -0.25) is 9.47 Å². The molecule has 1 N–H and O–H groups in total. The molecule has 2 aliphatic heterocycles. The van der Waals surface area contributed by atoms with E-state index in [9.17, 15) is 0 Å². The van der Waals surface area contributed by atoms with E-state index in [1.54, 1.807) is 0 Å². The van der Waals surface area contributed by atoms with Crippen LogP contribution in [-0.4, -0.2) is 16.9 Å². The van der Waals surface area contributed by atoms with Crippen LogP contribution >= 0.6 is 0 Å². The zero-order valence-corrected chi connectivity index (χ0v) is 4.55. The lowest BCUT2D eigenvalue weighted by Crippen LogP contribution is -1.96. The van der Waals surface area contributed by atoms with E-state index in [4.69, 9.17) is 14.6 Å². The molecule has 45 valence electrons. The Labute approximate surface area is 47.2 Å². The van der Waals surface area contributed by atoms with Crippen LogP contribution in [0.4, 0.5) is 0 Å². The number of fused-ring (bicyclic) bond motifs is 1. The van der Waals surface area contributed by atoms with Crippen LogP contribution < -0.4 is 0 Å². The molecule has 3 nitrogen and oxygen atoms in total. The van der Waals surface area contributed by atoms with E-state index in [0.29, 0.717) is 6.42 Å². The van der Waals surface area contributed by atoms with Crippen LogP contribution in [0.15, 0.2) is 0 Å². The zero-order valence-electron chi connectivity index (χ0n) is 4.55. The zero-order chi connectivity index (χ0) is 5.83. The average Bonchev–Trinajstić information content (AvgIpc) is 2.25. The van der Waals surface area contributed by atoms with Gasteiger partial charge in [-0.1, -0.05) is 6.92 Å². The third-order valence-electron chi connectivity index (χ3n) is 1.48. The van der Waals surface area contributed by atoms with Crippen LogP contribution in [-0.2, 0) is 9.47 Å². The highest BCUT2D eigenvalue weighted by molar-refractivity contribution is 5.11. The number of hydrogen-bond acceptors (Lipinski definition) is 3. The van der Waals surface area contributed by atoms with E-state index in [0.717, 1.165) is 0 Å². The van der Waals surface area contributed by atoms with Gasteiger partial charge in [0.2, 0.25) is 0 Å². The van der Waals surface area contributed by atoms with Crippen molar-refractivity contribution in [1.82, 2.24) is 0 Å². The van der Waals surface area contributed by atoms with E-state index < -0.39 is 11.8 Å². The molecular weight excluding hydrogens is 108 g/mol. The van der Waals surface area contributed by atoms with Crippen LogP contribution in [0.2, 0.25) is 0 Å². The van der Waals surface area contributed by atoms with Gasteiger partial charge in [0.15, 0.2) is 0 Å². The van der Waals surface area contributed by atoms with E-state index in [1.807, 2.05) is 13.3 Å². The Bertz CT molecular complexity index is 126. The SMILES string of the molecule is C[CH]CC12OC1(O)O2. The highest BCUT2D eigenvalue weighted by Crippen LogP contribution is 2.67. The van der Waals surface area contributed by atoms with Crippen molar-refractivity contribution >= 4 is 0 Å². The largest absolute Gasteiger partial charge is 0.343 e. The van der Waals surface area contributed by atoms with Crippen LogP contribution in [0.5, 0.6) is 0 Å². The first kappa shape index (κ1) is 4.73. The van der Waals surface area contributed by atoms with Gasteiger partial charge in [-0.15, -0.1) is 0 Å². The van der Waals surface area contributed by atoms with Crippen LogP contribution in [0.25, 0.3) is 0 Å². The van der Waals surface area contributed by atoms with E-state index in [1.165, 1.54) is 0 Å². The topological polar surface area (TPSA) is 45.3 Å². The fourth-order valence-electron chi connectivity index (χ4n) is 0.885. The summed E-state index contributed by atoms with van der Waals surface area (Å²) in [5.41, 5.74) is 0. The lowest BCUT2D eigenvalue weighted by atomic mass is 10.2. The minimum absolute atomic E-state index is 0.595.